The van der Waals surface area contributed by atoms with Gasteiger partial charge in [0.1, 0.15) is 0 Å². The van der Waals surface area contributed by atoms with Crippen molar-refractivity contribution in [1.82, 2.24) is 14.9 Å². The minimum Gasteiger partial charge on any atom is -0.381 e. The number of imidazole rings is 1. The molecule has 1 atom stereocenters. The Balaban J connectivity index is 1.95. The molecule has 2 aliphatic heterocycles. The average Bonchev–Trinajstić information content (AvgIpc) is 2.99. The minimum absolute atomic E-state index is 0.176. The zero-order valence-corrected chi connectivity index (χ0v) is 11.4. The highest BCUT2D eigenvalue weighted by Crippen LogP contribution is 2.36. The number of nitrogens with zero attached hydrogens (tertiary/aromatic N) is 2. The maximum atomic E-state index is 5.51. The van der Waals surface area contributed by atoms with Crippen molar-refractivity contribution < 1.29 is 4.74 Å². The van der Waals surface area contributed by atoms with Gasteiger partial charge in [-0.2, -0.15) is 0 Å². The van der Waals surface area contributed by atoms with Crippen LogP contribution in [0.3, 0.4) is 0 Å². The van der Waals surface area contributed by atoms with Crippen LogP contribution in [-0.4, -0.2) is 35.9 Å². The Morgan fingerprint density at radius 2 is 2.06 bits per heavy atom. The number of ether oxygens (including phenoxy) is 1. The van der Waals surface area contributed by atoms with Crippen molar-refractivity contribution in [3.63, 3.8) is 0 Å². The molecule has 1 N–H and O–H groups in total. The molecule has 0 aliphatic carbocycles. The molecule has 3 rings (SSSR count). The second kappa shape index (κ2) is 4.35. The van der Waals surface area contributed by atoms with Crippen LogP contribution in [0.15, 0.2) is 12.5 Å². The molecule has 0 radical (unpaired) electrons. The molecule has 4 heteroatoms. The van der Waals surface area contributed by atoms with Crippen LogP contribution < -0.4 is 5.32 Å². The monoisotopic (exact) mass is 249 g/mol. The van der Waals surface area contributed by atoms with Crippen molar-refractivity contribution in [2.75, 3.05) is 26.3 Å². The standard InChI is InChI=1S/C14H23N3O/c1-13(3-6-15-10-13)12-9-16-11-17(12)14(2)4-7-18-8-5-14/h9,11,15H,3-8,10H2,1-2H3. The molecular weight excluding hydrogens is 226 g/mol. The normalized spacial score (nSPS) is 31.7. The van der Waals surface area contributed by atoms with E-state index in [0.29, 0.717) is 0 Å². The van der Waals surface area contributed by atoms with E-state index in [1.807, 2.05) is 6.33 Å². The van der Waals surface area contributed by atoms with E-state index in [1.165, 1.54) is 12.1 Å². The Morgan fingerprint density at radius 1 is 1.28 bits per heavy atom. The summed E-state index contributed by atoms with van der Waals surface area (Å²) >= 11 is 0. The van der Waals surface area contributed by atoms with Gasteiger partial charge < -0.3 is 14.6 Å². The van der Waals surface area contributed by atoms with Gasteiger partial charge in [-0.25, -0.2) is 4.98 Å². The smallest absolute Gasteiger partial charge is 0.0953 e. The van der Waals surface area contributed by atoms with Crippen molar-refractivity contribution in [3.8, 4) is 0 Å². The number of nitrogens with one attached hydrogen (secondary N) is 1. The lowest BCUT2D eigenvalue weighted by atomic mass is 9.83. The van der Waals surface area contributed by atoms with E-state index < -0.39 is 0 Å². The minimum atomic E-state index is 0.176. The summed E-state index contributed by atoms with van der Waals surface area (Å²) in [6, 6.07) is 0. The maximum absolute atomic E-state index is 5.51. The Bertz CT molecular complexity index is 414. The molecule has 18 heavy (non-hydrogen) atoms. The van der Waals surface area contributed by atoms with Crippen LogP contribution in [0.4, 0.5) is 0 Å². The zero-order chi connectivity index (χ0) is 12.6. The molecule has 0 aromatic carbocycles. The summed E-state index contributed by atoms with van der Waals surface area (Å²) in [5, 5.41) is 3.48. The lowest BCUT2D eigenvalue weighted by molar-refractivity contribution is 0.0272. The first-order valence-corrected chi connectivity index (χ1v) is 6.96. The Morgan fingerprint density at radius 3 is 2.72 bits per heavy atom. The van der Waals surface area contributed by atoms with E-state index >= 15 is 0 Å². The van der Waals surface area contributed by atoms with E-state index in [4.69, 9.17) is 4.74 Å². The third kappa shape index (κ3) is 1.88. The zero-order valence-electron chi connectivity index (χ0n) is 11.4. The third-order valence-corrected chi connectivity index (χ3v) is 4.78. The molecule has 0 bridgehead atoms. The second-order valence-corrected chi connectivity index (χ2v) is 6.25. The highest BCUT2D eigenvalue weighted by molar-refractivity contribution is 5.19. The van der Waals surface area contributed by atoms with E-state index in [2.05, 4.69) is 34.9 Å². The van der Waals surface area contributed by atoms with Crippen LogP contribution >= 0.6 is 0 Å². The summed E-state index contributed by atoms with van der Waals surface area (Å²) in [7, 11) is 0. The molecule has 2 saturated heterocycles. The molecule has 2 aliphatic rings. The molecular formula is C14H23N3O. The van der Waals surface area contributed by atoms with Crippen molar-refractivity contribution >= 4 is 0 Å². The molecule has 0 saturated carbocycles. The van der Waals surface area contributed by atoms with Crippen LogP contribution in [0.25, 0.3) is 0 Å². The van der Waals surface area contributed by atoms with Crippen LogP contribution in [0.1, 0.15) is 38.8 Å². The van der Waals surface area contributed by atoms with Gasteiger partial charge in [-0.05, 0) is 32.7 Å². The summed E-state index contributed by atoms with van der Waals surface area (Å²) in [5.74, 6) is 0. The van der Waals surface area contributed by atoms with Crippen molar-refractivity contribution in [2.24, 2.45) is 0 Å². The molecule has 2 fully saturated rings. The van der Waals surface area contributed by atoms with Gasteiger partial charge in [0.15, 0.2) is 0 Å². The van der Waals surface area contributed by atoms with Gasteiger partial charge in [-0.3, -0.25) is 0 Å². The van der Waals surface area contributed by atoms with Crippen LogP contribution in [0.2, 0.25) is 0 Å². The number of aromatic nitrogens is 2. The second-order valence-electron chi connectivity index (χ2n) is 6.25. The fraction of sp³-hybridized carbons (Fsp3) is 0.786. The number of hydrogen-bond acceptors (Lipinski definition) is 3. The van der Waals surface area contributed by atoms with Crippen LogP contribution in [0.5, 0.6) is 0 Å². The fourth-order valence-corrected chi connectivity index (χ4v) is 3.26. The summed E-state index contributed by atoms with van der Waals surface area (Å²) in [4.78, 5) is 4.43. The molecule has 0 amide bonds. The van der Waals surface area contributed by atoms with Crippen LogP contribution in [0, 0.1) is 0 Å². The van der Waals surface area contributed by atoms with Gasteiger partial charge in [0.05, 0.1) is 6.33 Å². The van der Waals surface area contributed by atoms with Gasteiger partial charge in [-0.15, -0.1) is 0 Å². The number of hydrogen-bond donors (Lipinski definition) is 1. The third-order valence-electron chi connectivity index (χ3n) is 4.78. The lowest BCUT2D eigenvalue weighted by Gasteiger charge is -2.39. The van der Waals surface area contributed by atoms with E-state index in [1.54, 1.807) is 0 Å². The highest BCUT2D eigenvalue weighted by atomic mass is 16.5. The molecule has 1 aromatic heterocycles. The predicted molar refractivity (Wildman–Crippen MR) is 70.8 cm³/mol. The lowest BCUT2D eigenvalue weighted by Crippen LogP contribution is -2.40. The topological polar surface area (TPSA) is 39.1 Å². The molecule has 100 valence electrons. The van der Waals surface area contributed by atoms with E-state index in [0.717, 1.165) is 39.1 Å². The van der Waals surface area contributed by atoms with Gasteiger partial charge in [0.2, 0.25) is 0 Å². The first-order valence-electron chi connectivity index (χ1n) is 6.96. The molecule has 1 unspecified atom stereocenters. The summed E-state index contributed by atoms with van der Waals surface area (Å²) in [6.45, 7) is 8.59. The molecule has 3 heterocycles. The van der Waals surface area contributed by atoms with Gasteiger partial charge in [-0.1, -0.05) is 6.92 Å². The molecule has 0 spiro atoms. The first-order chi connectivity index (χ1) is 8.64. The Kier molecular flexibility index (Phi) is 2.94. The van der Waals surface area contributed by atoms with Crippen molar-refractivity contribution in [2.45, 2.75) is 44.1 Å². The highest BCUT2D eigenvalue weighted by Gasteiger charge is 2.38. The summed E-state index contributed by atoms with van der Waals surface area (Å²) in [5.41, 5.74) is 1.80. The summed E-state index contributed by atoms with van der Waals surface area (Å²) < 4.78 is 7.93. The fourth-order valence-electron chi connectivity index (χ4n) is 3.26. The SMILES string of the molecule is CC1(c2cncn2C2(C)CCOCC2)CCNC1. The first kappa shape index (κ1) is 12.2. The van der Waals surface area contributed by atoms with Gasteiger partial charge in [0.25, 0.3) is 0 Å². The van der Waals surface area contributed by atoms with E-state index in [9.17, 15) is 0 Å². The van der Waals surface area contributed by atoms with Gasteiger partial charge >= 0.3 is 0 Å². The van der Waals surface area contributed by atoms with E-state index in [-0.39, 0.29) is 11.0 Å². The Labute approximate surface area is 109 Å². The predicted octanol–water partition coefficient (Wildman–Crippen LogP) is 1.66. The summed E-state index contributed by atoms with van der Waals surface area (Å²) in [6.07, 6.45) is 7.45. The van der Waals surface area contributed by atoms with Crippen LogP contribution in [-0.2, 0) is 15.7 Å². The molecule has 4 nitrogen and oxygen atoms in total. The average molecular weight is 249 g/mol. The van der Waals surface area contributed by atoms with Gasteiger partial charge in [0, 0.05) is 42.6 Å². The molecule has 1 aromatic rings. The Hall–Kier alpha value is -0.870. The van der Waals surface area contributed by atoms with Crippen molar-refractivity contribution in [3.05, 3.63) is 18.2 Å². The number of rotatable bonds is 2. The largest absolute Gasteiger partial charge is 0.381 e. The quantitative estimate of drug-likeness (QED) is 0.866. The maximum Gasteiger partial charge on any atom is 0.0953 e. The van der Waals surface area contributed by atoms with Crippen molar-refractivity contribution in [1.29, 1.82) is 0 Å².